The van der Waals surface area contributed by atoms with Crippen molar-refractivity contribution in [3.05, 3.63) is 48.5 Å². The fraction of sp³-hybridized carbons (Fsp3) is 0.500. The second-order valence-corrected chi connectivity index (χ2v) is 11.3. The number of nitrogens with zero attached hydrogens (tertiary/aromatic N) is 5. The molecular weight excluding hydrogens is 466 g/mol. The summed E-state index contributed by atoms with van der Waals surface area (Å²) in [4.78, 5) is 17.9. The lowest BCUT2D eigenvalue weighted by Crippen LogP contribution is -2.27. The zero-order valence-corrected chi connectivity index (χ0v) is 21.3. The van der Waals surface area contributed by atoms with Gasteiger partial charge < -0.3 is 25.1 Å². The van der Waals surface area contributed by atoms with Crippen molar-refractivity contribution < 1.29 is 9.47 Å². The highest BCUT2D eigenvalue weighted by Gasteiger charge is 2.54. The van der Waals surface area contributed by atoms with E-state index in [9.17, 15) is 0 Å². The van der Waals surface area contributed by atoms with Crippen LogP contribution in [-0.2, 0) is 15.9 Å². The highest BCUT2D eigenvalue weighted by atomic mass is 16.8. The van der Waals surface area contributed by atoms with Gasteiger partial charge in [-0.2, -0.15) is 0 Å². The predicted molar refractivity (Wildman–Crippen MR) is 142 cm³/mol. The average molecular weight is 500 g/mol. The maximum Gasteiger partial charge on any atom is 0.223 e. The summed E-state index contributed by atoms with van der Waals surface area (Å²) in [6, 6.07) is 8.66. The number of aromatic nitrogens is 5. The minimum atomic E-state index is -0.604. The molecule has 3 aromatic heterocycles. The molecule has 37 heavy (non-hydrogen) atoms. The monoisotopic (exact) mass is 499 g/mol. The molecule has 3 N–H and O–H groups in total. The molecule has 2 saturated carbocycles. The molecule has 0 bridgehead atoms. The van der Waals surface area contributed by atoms with Gasteiger partial charge in [-0.3, -0.25) is 0 Å². The van der Waals surface area contributed by atoms with Gasteiger partial charge in [-0.05, 0) is 75.5 Å². The normalized spacial score (nSPS) is 26.6. The SMILES string of the molecule is CC1(C)O[C@@H]2[C@@H](CCc3ccc4cnc(NCC5CC5)nc4c3)C[C@@H](n3ccc4c(N)ncnc43)[C@@H]2O1. The lowest BCUT2D eigenvalue weighted by atomic mass is 9.95. The predicted octanol–water partition coefficient (Wildman–Crippen LogP) is 4.49. The number of hydrogen-bond acceptors (Lipinski definition) is 8. The minimum Gasteiger partial charge on any atom is -0.383 e. The van der Waals surface area contributed by atoms with Crippen molar-refractivity contribution >= 4 is 33.7 Å². The average Bonchev–Trinajstić information content (AvgIpc) is 3.41. The molecule has 0 spiro atoms. The third kappa shape index (κ3) is 4.30. The molecule has 3 aliphatic rings. The molecule has 1 saturated heterocycles. The van der Waals surface area contributed by atoms with Crippen LogP contribution in [0.1, 0.15) is 51.1 Å². The number of nitrogens with one attached hydrogen (secondary N) is 1. The molecular formula is C28H33N7O2. The van der Waals surface area contributed by atoms with E-state index in [4.69, 9.17) is 20.2 Å². The van der Waals surface area contributed by atoms with E-state index in [1.807, 2.05) is 26.1 Å². The maximum absolute atomic E-state index is 6.45. The molecule has 1 aliphatic heterocycles. The summed E-state index contributed by atoms with van der Waals surface area (Å²) in [6.45, 7) is 4.97. The number of fused-ring (bicyclic) bond motifs is 3. The van der Waals surface area contributed by atoms with Crippen LogP contribution in [0.3, 0.4) is 0 Å². The van der Waals surface area contributed by atoms with E-state index in [1.54, 1.807) is 0 Å². The number of nitrogen functional groups attached to an aromatic ring is 1. The van der Waals surface area contributed by atoms with E-state index >= 15 is 0 Å². The standard InChI is InChI=1S/C28H33N7O2/c1-28(2)36-23-18(12-22(24(23)37-28)35-10-9-20-25(29)32-15-33-26(20)35)7-5-16-6-8-19-14-31-27(34-21(19)11-16)30-13-17-3-4-17/h6,8-11,14-15,17-18,22-24H,3-5,7,12-13H2,1-2H3,(H2,29,32,33)(H,30,31,34)/t18-,22+,23+,24-/m0/s1. The van der Waals surface area contributed by atoms with Gasteiger partial charge in [-0.1, -0.05) is 12.1 Å². The van der Waals surface area contributed by atoms with E-state index in [1.165, 1.54) is 24.7 Å². The van der Waals surface area contributed by atoms with Crippen molar-refractivity contribution in [3.8, 4) is 0 Å². The Balaban J connectivity index is 1.11. The van der Waals surface area contributed by atoms with Gasteiger partial charge in [0.15, 0.2) is 5.79 Å². The van der Waals surface area contributed by atoms with Gasteiger partial charge in [-0.15, -0.1) is 0 Å². The van der Waals surface area contributed by atoms with Gasteiger partial charge in [0.2, 0.25) is 5.95 Å². The Labute approximate surface area is 215 Å². The summed E-state index contributed by atoms with van der Waals surface area (Å²) in [7, 11) is 0. The fourth-order valence-corrected chi connectivity index (χ4v) is 6.09. The van der Waals surface area contributed by atoms with Crippen LogP contribution in [0, 0.1) is 11.8 Å². The highest BCUT2D eigenvalue weighted by molar-refractivity contribution is 5.86. The largest absolute Gasteiger partial charge is 0.383 e. The van der Waals surface area contributed by atoms with Crippen LogP contribution in [0.25, 0.3) is 21.9 Å². The molecule has 0 unspecified atom stereocenters. The number of ether oxygens (including phenoxy) is 2. The molecule has 3 fully saturated rings. The van der Waals surface area contributed by atoms with Crippen molar-refractivity contribution in [3.63, 3.8) is 0 Å². The molecule has 1 aromatic carbocycles. The zero-order chi connectivity index (χ0) is 25.1. The number of nitrogens with two attached hydrogens (primary N) is 1. The molecule has 4 atom stereocenters. The number of rotatable bonds is 7. The lowest BCUT2D eigenvalue weighted by Gasteiger charge is -2.24. The van der Waals surface area contributed by atoms with Crippen LogP contribution in [0.15, 0.2) is 43.0 Å². The van der Waals surface area contributed by atoms with Crippen molar-refractivity contribution in [1.29, 1.82) is 0 Å². The van der Waals surface area contributed by atoms with Gasteiger partial charge in [0.25, 0.3) is 0 Å². The zero-order valence-electron chi connectivity index (χ0n) is 21.3. The minimum absolute atomic E-state index is 0.0313. The Bertz CT molecular complexity index is 1460. The Kier molecular flexibility index (Phi) is 5.33. The van der Waals surface area contributed by atoms with Gasteiger partial charge in [0, 0.05) is 24.3 Å². The summed E-state index contributed by atoms with van der Waals surface area (Å²) in [5.74, 6) is 1.77. The van der Waals surface area contributed by atoms with Gasteiger partial charge in [0.05, 0.1) is 23.0 Å². The maximum atomic E-state index is 6.45. The van der Waals surface area contributed by atoms with Gasteiger partial charge in [-0.25, -0.2) is 19.9 Å². The smallest absolute Gasteiger partial charge is 0.223 e. The quantitative estimate of drug-likeness (QED) is 0.382. The number of anilines is 2. The van der Waals surface area contributed by atoms with Crippen molar-refractivity contribution in [2.24, 2.45) is 11.8 Å². The molecule has 7 rings (SSSR count). The third-order valence-electron chi connectivity index (χ3n) is 8.15. The third-order valence-corrected chi connectivity index (χ3v) is 8.15. The van der Waals surface area contributed by atoms with Crippen LogP contribution in [0.4, 0.5) is 11.8 Å². The van der Waals surface area contributed by atoms with Crippen LogP contribution in [0.5, 0.6) is 0 Å². The second kappa shape index (κ2) is 8.63. The van der Waals surface area contributed by atoms with Crippen LogP contribution < -0.4 is 11.1 Å². The highest BCUT2D eigenvalue weighted by Crippen LogP contribution is 2.49. The van der Waals surface area contributed by atoms with E-state index < -0.39 is 5.79 Å². The Morgan fingerprint density at radius 1 is 1.11 bits per heavy atom. The van der Waals surface area contributed by atoms with Gasteiger partial charge >= 0.3 is 0 Å². The molecule has 4 heterocycles. The molecule has 9 heteroatoms. The molecule has 0 radical (unpaired) electrons. The summed E-state index contributed by atoms with van der Waals surface area (Å²) in [6.07, 6.45) is 11.1. The number of benzene rings is 1. The van der Waals surface area contributed by atoms with Crippen LogP contribution >= 0.6 is 0 Å². The fourth-order valence-electron chi connectivity index (χ4n) is 6.09. The summed E-state index contributed by atoms with van der Waals surface area (Å²) in [5, 5.41) is 5.34. The first-order chi connectivity index (χ1) is 17.9. The van der Waals surface area contributed by atoms with Gasteiger partial charge in [0.1, 0.15) is 23.9 Å². The number of hydrogen-bond donors (Lipinski definition) is 2. The first-order valence-corrected chi connectivity index (χ1v) is 13.4. The molecule has 192 valence electrons. The molecule has 4 aromatic rings. The summed E-state index contributed by atoms with van der Waals surface area (Å²) >= 11 is 0. The van der Waals surface area contributed by atoms with Crippen LogP contribution in [0.2, 0.25) is 0 Å². The van der Waals surface area contributed by atoms with Crippen molar-refractivity contribution in [1.82, 2.24) is 24.5 Å². The molecule has 2 aliphatic carbocycles. The Morgan fingerprint density at radius 3 is 2.84 bits per heavy atom. The van der Waals surface area contributed by atoms with E-state index in [-0.39, 0.29) is 18.2 Å². The van der Waals surface area contributed by atoms with E-state index in [0.29, 0.717) is 11.7 Å². The molecule has 9 nitrogen and oxygen atoms in total. The summed E-state index contributed by atoms with van der Waals surface area (Å²) in [5.41, 5.74) is 9.23. The molecule has 0 amide bonds. The van der Waals surface area contributed by atoms with Crippen molar-refractivity contribution in [2.75, 3.05) is 17.6 Å². The van der Waals surface area contributed by atoms with Crippen molar-refractivity contribution in [2.45, 2.75) is 70.0 Å². The topological polar surface area (TPSA) is 113 Å². The van der Waals surface area contributed by atoms with Crippen LogP contribution in [-0.4, -0.2) is 49.0 Å². The Morgan fingerprint density at radius 2 is 1.97 bits per heavy atom. The first-order valence-electron chi connectivity index (χ1n) is 13.4. The second-order valence-electron chi connectivity index (χ2n) is 11.3. The first kappa shape index (κ1) is 22.9. The van der Waals surface area contributed by atoms with E-state index in [2.05, 4.69) is 49.2 Å². The van der Waals surface area contributed by atoms with E-state index in [0.717, 1.165) is 59.6 Å². The summed E-state index contributed by atoms with van der Waals surface area (Å²) < 4.78 is 15.1. The Hall–Kier alpha value is -3.30. The number of aryl methyl sites for hydroxylation is 1. The lowest BCUT2D eigenvalue weighted by molar-refractivity contribution is -0.160.